The molecule has 0 aromatic rings. The monoisotopic (exact) mass is 283 g/mol. The maximum absolute atomic E-state index is 12.7. The zero-order valence-electron chi connectivity index (χ0n) is 13.1. The Kier molecular flexibility index (Phi) is 4.72. The summed E-state index contributed by atoms with van der Waals surface area (Å²) in [5, 5.41) is 13.2. The Hall–Kier alpha value is -0.650. The highest BCUT2D eigenvalue weighted by molar-refractivity contribution is 5.82. The molecule has 0 aromatic carbocycles. The largest absolute Gasteiger partial charge is 0.389 e. The van der Waals surface area contributed by atoms with Crippen LogP contribution in [0.15, 0.2) is 0 Å². The van der Waals surface area contributed by atoms with E-state index in [4.69, 9.17) is 0 Å². The Bertz CT molecular complexity index is 338. The lowest BCUT2D eigenvalue weighted by atomic mass is 9.81. The fourth-order valence-corrected chi connectivity index (χ4v) is 3.28. The van der Waals surface area contributed by atoms with Gasteiger partial charge in [0.1, 0.15) is 0 Å². The number of nitrogens with one attached hydrogen (secondary N) is 1. The van der Waals surface area contributed by atoms with Crippen LogP contribution in [0, 0.1) is 5.41 Å². The molecule has 0 saturated carbocycles. The fraction of sp³-hybridized carbons (Fsp3) is 0.933. The predicted molar refractivity (Wildman–Crippen MR) is 79.5 cm³/mol. The maximum Gasteiger partial charge on any atom is 0.229 e. The SMILES string of the molecule is CC(C)(O)CN1CCN(C(=O)C2(C)CCCNC2)CC1. The molecule has 20 heavy (non-hydrogen) atoms. The molecular formula is C15H29N3O2. The second-order valence-corrected chi connectivity index (χ2v) is 7.22. The minimum absolute atomic E-state index is 0.226. The molecule has 1 amide bonds. The lowest BCUT2D eigenvalue weighted by Gasteiger charge is -2.42. The van der Waals surface area contributed by atoms with Crippen LogP contribution in [0.4, 0.5) is 0 Å². The Morgan fingerprint density at radius 3 is 2.45 bits per heavy atom. The van der Waals surface area contributed by atoms with Gasteiger partial charge in [-0.05, 0) is 40.2 Å². The molecule has 2 heterocycles. The van der Waals surface area contributed by atoms with Crippen molar-refractivity contribution in [3.8, 4) is 0 Å². The third-order valence-electron chi connectivity index (χ3n) is 4.38. The molecule has 5 heteroatoms. The molecule has 0 aliphatic carbocycles. The standard InChI is InChI=1S/C15H29N3O2/c1-14(2,20)12-17-7-9-18(10-8-17)13(19)15(3)5-4-6-16-11-15/h16,20H,4-12H2,1-3H3. The number of carbonyl (C=O) groups excluding carboxylic acids is 1. The number of piperidine rings is 1. The second-order valence-electron chi connectivity index (χ2n) is 7.22. The van der Waals surface area contributed by atoms with E-state index in [2.05, 4.69) is 17.1 Å². The molecule has 2 N–H and O–H groups in total. The van der Waals surface area contributed by atoms with Gasteiger partial charge in [0.05, 0.1) is 11.0 Å². The minimum Gasteiger partial charge on any atom is -0.389 e. The van der Waals surface area contributed by atoms with Crippen LogP contribution in [0.1, 0.15) is 33.6 Å². The van der Waals surface area contributed by atoms with E-state index >= 15 is 0 Å². The van der Waals surface area contributed by atoms with Crippen molar-refractivity contribution in [3.05, 3.63) is 0 Å². The number of carbonyl (C=O) groups is 1. The van der Waals surface area contributed by atoms with Crippen LogP contribution in [0.25, 0.3) is 0 Å². The van der Waals surface area contributed by atoms with Gasteiger partial charge in [0, 0.05) is 39.3 Å². The van der Waals surface area contributed by atoms with E-state index in [0.29, 0.717) is 12.5 Å². The van der Waals surface area contributed by atoms with Crippen molar-refractivity contribution in [2.75, 3.05) is 45.8 Å². The smallest absolute Gasteiger partial charge is 0.229 e. The van der Waals surface area contributed by atoms with Crippen molar-refractivity contribution in [1.29, 1.82) is 0 Å². The average Bonchev–Trinajstić information content (AvgIpc) is 2.38. The van der Waals surface area contributed by atoms with Gasteiger partial charge in [0.2, 0.25) is 5.91 Å². The van der Waals surface area contributed by atoms with Gasteiger partial charge in [-0.25, -0.2) is 0 Å². The molecule has 1 unspecified atom stereocenters. The highest BCUT2D eigenvalue weighted by Crippen LogP contribution is 2.28. The summed E-state index contributed by atoms with van der Waals surface area (Å²) in [4.78, 5) is 16.9. The first-order valence-electron chi connectivity index (χ1n) is 7.75. The van der Waals surface area contributed by atoms with Gasteiger partial charge in [-0.1, -0.05) is 0 Å². The molecule has 2 saturated heterocycles. The van der Waals surface area contributed by atoms with E-state index < -0.39 is 5.60 Å². The molecule has 0 spiro atoms. The molecule has 5 nitrogen and oxygen atoms in total. The van der Waals surface area contributed by atoms with Crippen LogP contribution in [0.5, 0.6) is 0 Å². The quantitative estimate of drug-likeness (QED) is 0.782. The first-order chi connectivity index (χ1) is 9.30. The van der Waals surface area contributed by atoms with Crippen LogP contribution in [0.2, 0.25) is 0 Å². The van der Waals surface area contributed by atoms with Crippen LogP contribution < -0.4 is 5.32 Å². The lowest BCUT2D eigenvalue weighted by molar-refractivity contribution is -0.144. The van der Waals surface area contributed by atoms with E-state index in [0.717, 1.165) is 52.1 Å². The van der Waals surface area contributed by atoms with Crippen molar-refractivity contribution >= 4 is 5.91 Å². The Labute approximate surface area is 122 Å². The first kappa shape index (κ1) is 15.7. The number of aliphatic hydroxyl groups is 1. The van der Waals surface area contributed by atoms with E-state index in [1.807, 2.05) is 18.7 Å². The fourth-order valence-electron chi connectivity index (χ4n) is 3.28. The van der Waals surface area contributed by atoms with Crippen LogP contribution >= 0.6 is 0 Å². The number of hydrogen-bond acceptors (Lipinski definition) is 4. The van der Waals surface area contributed by atoms with Gasteiger partial charge >= 0.3 is 0 Å². The summed E-state index contributed by atoms with van der Waals surface area (Å²) in [5.41, 5.74) is -0.887. The number of amides is 1. The summed E-state index contributed by atoms with van der Waals surface area (Å²) >= 11 is 0. The summed E-state index contributed by atoms with van der Waals surface area (Å²) in [7, 11) is 0. The number of piperazine rings is 1. The number of β-amino-alcohol motifs (C(OH)–C–C–N with tert-alkyl or cyclic N) is 1. The van der Waals surface area contributed by atoms with Crippen LogP contribution in [-0.2, 0) is 4.79 Å². The minimum atomic E-state index is -0.661. The van der Waals surface area contributed by atoms with Gasteiger partial charge in [0.15, 0.2) is 0 Å². The summed E-state index contributed by atoms with van der Waals surface area (Å²) < 4.78 is 0. The highest BCUT2D eigenvalue weighted by Gasteiger charge is 2.38. The average molecular weight is 283 g/mol. The summed E-state index contributed by atoms with van der Waals surface area (Å²) in [6, 6.07) is 0. The topological polar surface area (TPSA) is 55.8 Å². The molecule has 0 bridgehead atoms. The molecule has 2 aliphatic heterocycles. The van der Waals surface area contributed by atoms with Gasteiger partial charge < -0.3 is 15.3 Å². The third-order valence-corrected chi connectivity index (χ3v) is 4.38. The predicted octanol–water partition coefficient (Wildman–Crippen LogP) is 0.291. The van der Waals surface area contributed by atoms with Crippen molar-refractivity contribution in [3.63, 3.8) is 0 Å². The van der Waals surface area contributed by atoms with Crippen molar-refractivity contribution in [2.24, 2.45) is 5.41 Å². The maximum atomic E-state index is 12.7. The third kappa shape index (κ3) is 3.93. The number of nitrogens with zero attached hydrogens (tertiary/aromatic N) is 2. The lowest BCUT2D eigenvalue weighted by Crippen LogP contribution is -2.57. The molecule has 0 radical (unpaired) electrons. The zero-order chi connectivity index (χ0) is 14.8. The van der Waals surface area contributed by atoms with E-state index in [1.165, 1.54) is 0 Å². The van der Waals surface area contributed by atoms with Gasteiger partial charge in [0.25, 0.3) is 0 Å². The van der Waals surface area contributed by atoms with E-state index in [9.17, 15) is 9.90 Å². The molecule has 0 aromatic heterocycles. The molecule has 2 aliphatic rings. The number of hydrogen-bond donors (Lipinski definition) is 2. The number of rotatable bonds is 3. The van der Waals surface area contributed by atoms with Gasteiger partial charge in [-0.2, -0.15) is 0 Å². The zero-order valence-corrected chi connectivity index (χ0v) is 13.1. The van der Waals surface area contributed by atoms with Crippen molar-refractivity contribution < 1.29 is 9.90 Å². The normalized spacial score (nSPS) is 29.5. The van der Waals surface area contributed by atoms with E-state index in [1.54, 1.807) is 0 Å². The van der Waals surface area contributed by atoms with Crippen LogP contribution in [-0.4, -0.2) is 72.2 Å². The summed E-state index contributed by atoms with van der Waals surface area (Å²) in [6.45, 7) is 11.5. The van der Waals surface area contributed by atoms with Crippen LogP contribution in [0.3, 0.4) is 0 Å². The summed E-state index contributed by atoms with van der Waals surface area (Å²) in [5.74, 6) is 0.299. The Morgan fingerprint density at radius 1 is 1.30 bits per heavy atom. The van der Waals surface area contributed by atoms with Crippen molar-refractivity contribution in [2.45, 2.75) is 39.2 Å². The first-order valence-corrected chi connectivity index (χ1v) is 7.75. The molecule has 2 rings (SSSR count). The molecular weight excluding hydrogens is 254 g/mol. The highest BCUT2D eigenvalue weighted by atomic mass is 16.3. The van der Waals surface area contributed by atoms with Gasteiger partial charge in [-0.15, -0.1) is 0 Å². The molecule has 1 atom stereocenters. The van der Waals surface area contributed by atoms with E-state index in [-0.39, 0.29) is 5.41 Å². The molecule has 116 valence electrons. The second kappa shape index (κ2) is 6.00. The van der Waals surface area contributed by atoms with Gasteiger partial charge in [-0.3, -0.25) is 9.69 Å². The van der Waals surface area contributed by atoms with Crippen molar-refractivity contribution in [1.82, 2.24) is 15.1 Å². The molecule has 2 fully saturated rings. The summed E-state index contributed by atoms with van der Waals surface area (Å²) in [6.07, 6.45) is 2.07. The Balaban J connectivity index is 1.85. The Morgan fingerprint density at radius 2 is 1.95 bits per heavy atom.